The van der Waals surface area contributed by atoms with Crippen LogP contribution in [0.1, 0.15) is 11.1 Å². The molecule has 112 valence electrons. The maximum absolute atomic E-state index is 12.7. The average Bonchev–Trinajstić information content (AvgIpc) is 2.52. The van der Waals surface area contributed by atoms with Crippen LogP contribution in [-0.4, -0.2) is 12.7 Å². The van der Waals surface area contributed by atoms with E-state index in [1.165, 1.54) is 6.08 Å². The van der Waals surface area contributed by atoms with Crippen LogP contribution in [0.25, 0.3) is 0 Å². The Kier molecular flexibility index (Phi) is 5.03. The van der Waals surface area contributed by atoms with Crippen molar-refractivity contribution in [2.75, 3.05) is 0 Å². The normalized spacial score (nSPS) is 10.4. The smallest absolute Gasteiger partial charge is 0.220 e. The molecule has 0 saturated carbocycles. The van der Waals surface area contributed by atoms with Gasteiger partial charge in [0.1, 0.15) is 0 Å². The zero-order valence-electron chi connectivity index (χ0n) is 12.4. The molecule has 0 spiro atoms. The van der Waals surface area contributed by atoms with Gasteiger partial charge in [-0.3, -0.25) is 0 Å². The van der Waals surface area contributed by atoms with Crippen LogP contribution in [-0.2, 0) is 16.6 Å². The van der Waals surface area contributed by atoms with E-state index in [9.17, 15) is 8.42 Å². The van der Waals surface area contributed by atoms with E-state index in [-0.39, 0.29) is 11.4 Å². The van der Waals surface area contributed by atoms with E-state index in [1.54, 1.807) is 24.3 Å². The Balaban J connectivity index is 2.39. The van der Waals surface area contributed by atoms with Crippen molar-refractivity contribution in [3.05, 3.63) is 78.4 Å². The topological polar surface area (TPSA) is 37.4 Å². The molecule has 0 aliphatic heterocycles. The first-order chi connectivity index (χ1) is 10.5. The number of allylic oxidation sites excluding steroid dienone is 1. The predicted molar refractivity (Wildman–Crippen MR) is 88.3 cm³/mol. The standard InChI is InChI=1S/C18H17NO2S/c1-3-4-14-19(15-17-8-6-5-7-9-17)22(20,21)18-12-10-16(2)11-13-18/h3,5-13H,1,15H2,2H3. The maximum atomic E-state index is 12.7. The minimum Gasteiger partial charge on any atom is -0.220 e. The van der Waals surface area contributed by atoms with Crippen LogP contribution in [0.2, 0.25) is 0 Å². The van der Waals surface area contributed by atoms with Gasteiger partial charge in [-0.2, -0.15) is 0 Å². The van der Waals surface area contributed by atoms with E-state index in [0.29, 0.717) is 0 Å². The van der Waals surface area contributed by atoms with Crippen LogP contribution < -0.4 is 0 Å². The summed E-state index contributed by atoms with van der Waals surface area (Å²) in [7, 11) is -3.68. The summed E-state index contributed by atoms with van der Waals surface area (Å²) in [5.41, 5.74) is 1.88. The van der Waals surface area contributed by atoms with E-state index in [0.717, 1.165) is 15.4 Å². The molecule has 0 radical (unpaired) electrons. The van der Waals surface area contributed by atoms with Gasteiger partial charge in [0.05, 0.1) is 11.4 Å². The fourth-order valence-corrected chi connectivity index (χ4v) is 3.12. The molecule has 0 saturated heterocycles. The number of nitrogens with zero attached hydrogens (tertiary/aromatic N) is 1. The Hall–Kier alpha value is -2.51. The van der Waals surface area contributed by atoms with Crippen molar-refractivity contribution in [3.63, 3.8) is 0 Å². The van der Waals surface area contributed by atoms with Crippen LogP contribution in [0.4, 0.5) is 0 Å². The van der Waals surface area contributed by atoms with Gasteiger partial charge in [0.25, 0.3) is 10.0 Å². The summed E-state index contributed by atoms with van der Waals surface area (Å²) in [5.74, 6) is 2.62. The van der Waals surface area contributed by atoms with Gasteiger partial charge in [-0.15, -0.1) is 0 Å². The summed E-state index contributed by atoms with van der Waals surface area (Å²) in [6, 6.07) is 18.7. The first kappa shape index (κ1) is 15.9. The van der Waals surface area contributed by atoms with Gasteiger partial charge in [0.2, 0.25) is 0 Å². The molecule has 0 aliphatic rings. The number of rotatable bonds is 4. The second kappa shape index (κ2) is 6.97. The van der Waals surface area contributed by atoms with Gasteiger partial charge < -0.3 is 0 Å². The second-order valence-corrected chi connectivity index (χ2v) is 6.63. The Morgan fingerprint density at radius 3 is 2.32 bits per heavy atom. The summed E-state index contributed by atoms with van der Waals surface area (Å²) in [6.07, 6.45) is 1.38. The number of sulfonamides is 1. The molecule has 0 aromatic heterocycles. The van der Waals surface area contributed by atoms with E-state index >= 15 is 0 Å². The van der Waals surface area contributed by atoms with Crippen molar-refractivity contribution in [1.82, 2.24) is 4.31 Å². The monoisotopic (exact) mass is 311 g/mol. The Bertz CT molecular complexity index is 798. The molecule has 0 N–H and O–H groups in total. The molecular weight excluding hydrogens is 294 g/mol. The summed E-state index contributed by atoms with van der Waals surface area (Å²) in [4.78, 5) is 0.229. The largest absolute Gasteiger partial charge is 0.271 e. The highest BCUT2D eigenvalue weighted by Gasteiger charge is 2.22. The maximum Gasteiger partial charge on any atom is 0.271 e. The lowest BCUT2D eigenvalue weighted by atomic mass is 10.2. The SMILES string of the molecule is C=CC#CN(Cc1ccccc1)S(=O)(=O)c1ccc(C)cc1. The van der Waals surface area contributed by atoms with Crippen molar-refractivity contribution < 1.29 is 8.42 Å². The molecule has 22 heavy (non-hydrogen) atoms. The molecule has 2 rings (SSSR count). The Morgan fingerprint density at radius 1 is 1.09 bits per heavy atom. The first-order valence-corrected chi connectivity index (χ1v) is 8.23. The third-order valence-corrected chi connectivity index (χ3v) is 4.74. The van der Waals surface area contributed by atoms with Crippen molar-refractivity contribution in [1.29, 1.82) is 0 Å². The summed E-state index contributed by atoms with van der Waals surface area (Å²) in [6.45, 7) is 5.62. The first-order valence-electron chi connectivity index (χ1n) is 6.79. The lowest BCUT2D eigenvalue weighted by Gasteiger charge is -2.18. The molecule has 0 aliphatic carbocycles. The fraction of sp³-hybridized carbons (Fsp3) is 0.111. The zero-order chi connectivity index (χ0) is 16.0. The van der Waals surface area contributed by atoms with Crippen molar-refractivity contribution >= 4 is 10.0 Å². The van der Waals surface area contributed by atoms with Crippen LogP contribution >= 0.6 is 0 Å². The third kappa shape index (κ3) is 3.78. The molecule has 0 amide bonds. The fourth-order valence-electron chi connectivity index (χ4n) is 1.89. The quantitative estimate of drug-likeness (QED) is 0.641. The third-order valence-electron chi connectivity index (χ3n) is 3.07. The number of benzene rings is 2. The minimum absolute atomic E-state index is 0.192. The van der Waals surface area contributed by atoms with Gasteiger partial charge in [0, 0.05) is 6.04 Å². The van der Waals surface area contributed by atoms with Crippen molar-refractivity contribution in [2.45, 2.75) is 18.4 Å². The lowest BCUT2D eigenvalue weighted by molar-refractivity contribution is 0.508. The van der Waals surface area contributed by atoms with Gasteiger partial charge in [-0.05, 0) is 30.7 Å². The molecular formula is C18H17NO2S. The highest BCUT2D eigenvalue weighted by Crippen LogP contribution is 2.18. The summed E-state index contributed by atoms with van der Waals surface area (Å²) >= 11 is 0. The summed E-state index contributed by atoms with van der Waals surface area (Å²) < 4.78 is 26.6. The zero-order valence-corrected chi connectivity index (χ0v) is 13.2. The molecule has 0 atom stereocenters. The molecule has 2 aromatic rings. The molecule has 0 unspecified atom stereocenters. The second-order valence-electron chi connectivity index (χ2n) is 4.77. The van der Waals surface area contributed by atoms with Gasteiger partial charge in [-0.25, -0.2) is 12.7 Å². The number of hydrogen-bond acceptors (Lipinski definition) is 2. The van der Waals surface area contributed by atoms with Crippen molar-refractivity contribution in [2.24, 2.45) is 0 Å². The molecule has 2 aromatic carbocycles. The molecule has 4 heteroatoms. The highest BCUT2D eigenvalue weighted by atomic mass is 32.2. The lowest BCUT2D eigenvalue weighted by Crippen LogP contribution is -2.26. The van der Waals surface area contributed by atoms with Crippen molar-refractivity contribution in [3.8, 4) is 12.0 Å². The Morgan fingerprint density at radius 2 is 1.73 bits per heavy atom. The molecule has 0 bridgehead atoms. The highest BCUT2D eigenvalue weighted by molar-refractivity contribution is 7.89. The van der Waals surface area contributed by atoms with Crippen LogP contribution in [0.5, 0.6) is 0 Å². The molecule has 0 fully saturated rings. The molecule has 0 heterocycles. The average molecular weight is 311 g/mol. The molecule has 3 nitrogen and oxygen atoms in total. The van der Waals surface area contributed by atoms with Crippen LogP contribution in [0.3, 0.4) is 0 Å². The van der Waals surface area contributed by atoms with Gasteiger partial charge in [-0.1, -0.05) is 60.5 Å². The van der Waals surface area contributed by atoms with Gasteiger partial charge in [0.15, 0.2) is 0 Å². The van der Waals surface area contributed by atoms with Gasteiger partial charge >= 0.3 is 0 Å². The van der Waals surface area contributed by atoms with Crippen LogP contribution in [0, 0.1) is 18.9 Å². The van der Waals surface area contributed by atoms with E-state index in [1.807, 2.05) is 37.3 Å². The number of hydrogen-bond donors (Lipinski definition) is 0. The summed E-state index contributed by atoms with van der Waals surface area (Å²) in [5, 5.41) is 0. The Labute approximate surface area is 132 Å². The number of aryl methyl sites for hydroxylation is 1. The van der Waals surface area contributed by atoms with Crippen LogP contribution in [0.15, 0.2) is 72.1 Å². The minimum atomic E-state index is -3.68. The van der Waals surface area contributed by atoms with E-state index < -0.39 is 10.0 Å². The predicted octanol–water partition coefficient (Wildman–Crippen LogP) is 3.33. The van der Waals surface area contributed by atoms with E-state index in [2.05, 4.69) is 18.5 Å². The van der Waals surface area contributed by atoms with E-state index in [4.69, 9.17) is 0 Å².